The number of anilines is 2. The fraction of sp³-hybridized carbons (Fsp3) is 0.294. The molecule has 2 N–H and O–H groups in total. The van der Waals surface area contributed by atoms with Crippen LogP contribution in [0.5, 0.6) is 5.75 Å². The molecule has 0 bridgehead atoms. The normalized spacial score (nSPS) is 15.0. The molecule has 0 aromatic heterocycles. The highest BCUT2D eigenvalue weighted by Crippen LogP contribution is 2.32. The van der Waals surface area contributed by atoms with Crippen LogP contribution in [0.1, 0.15) is 0 Å². The number of rotatable bonds is 5. The van der Waals surface area contributed by atoms with Crippen molar-refractivity contribution in [3.05, 3.63) is 46.9 Å². The number of nitrogens with zero attached hydrogens (tertiary/aromatic N) is 1. The summed E-state index contributed by atoms with van der Waals surface area (Å²) in [6.45, 7) is 3.32. The van der Waals surface area contributed by atoms with E-state index in [9.17, 15) is 8.42 Å². The quantitative estimate of drug-likeness (QED) is 0.770. The monoisotopic (exact) mass is 425 g/mol. The maximum atomic E-state index is 12.7. The Hall–Kier alpha value is -1.77. The highest BCUT2D eigenvalue weighted by Gasteiger charge is 2.20. The van der Waals surface area contributed by atoms with Crippen molar-refractivity contribution in [3.63, 3.8) is 0 Å². The summed E-state index contributed by atoms with van der Waals surface area (Å²) in [4.78, 5) is 2.34. The molecule has 1 heterocycles. The van der Waals surface area contributed by atoms with E-state index >= 15 is 0 Å². The number of hydrogen-bond donors (Lipinski definition) is 2. The summed E-state index contributed by atoms with van der Waals surface area (Å²) in [5.41, 5.74) is 1.30. The van der Waals surface area contributed by atoms with Crippen LogP contribution in [0.3, 0.4) is 0 Å². The van der Waals surface area contributed by atoms with E-state index in [-0.39, 0.29) is 4.90 Å². The Morgan fingerprint density at radius 3 is 2.60 bits per heavy atom. The number of methoxy groups -OCH3 is 1. The molecule has 2 aromatic carbocycles. The summed E-state index contributed by atoms with van der Waals surface area (Å²) in [6.07, 6.45) is 0. The van der Waals surface area contributed by atoms with Crippen molar-refractivity contribution in [2.45, 2.75) is 4.90 Å². The first-order chi connectivity index (χ1) is 12.0. The molecule has 134 valence electrons. The molecule has 3 rings (SSSR count). The van der Waals surface area contributed by atoms with Crippen LogP contribution in [0, 0.1) is 0 Å². The molecule has 2 aromatic rings. The Labute approximate surface area is 156 Å². The number of benzene rings is 2. The fourth-order valence-corrected chi connectivity index (χ4v) is 4.22. The van der Waals surface area contributed by atoms with E-state index in [0.717, 1.165) is 36.3 Å². The van der Waals surface area contributed by atoms with Gasteiger partial charge in [-0.25, -0.2) is 8.42 Å². The molecule has 0 saturated carbocycles. The van der Waals surface area contributed by atoms with Gasteiger partial charge in [0.2, 0.25) is 0 Å². The second kappa shape index (κ2) is 7.63. The molecule has 8 heteroatoms. The van der Waals surface area contributed by atoms with Crippen molar-refractivity contribution < 1.29 is 13.2 Å². The van der Waals surface area contributed by atoms with Gasteiger partial charge in [-0.05, 0) is 36.4 Å². The average Bonchev–Trinajstić information content (AvgIpc) is 2.61. The summed E-state index contributed by atoms with van der Waals surface area (Å²) in [7, 11) is -2.09. The van der Waals surface area contributed by atoms with Gasteiger partial charge in [-0.1, -0.05) is 22.0 Å². The zero-order valence-corrected chi connectivity index (χ0v) is 16.2. The lowest BCUT2D eigenvalue weighted by atomic mass is 10.2. The van der Waals surface area contributed by atoms with Crippen LogP contribution >= 0.6 is 15.9 Å². The summed E-state index contributed by atoms with van der Waals surface area (Å²) in [5.74, 6) is 0.670. The minimum atomic E-state index is -3.68. The summed E-state index contributed by atoms with van der Waals surface area (Å²) in [6, 6.07) is 12.0. The van der Waals surface area contributed by atoms with E-state index < -0.39 is 10.0 Å². The van der Waals surface area contributed by atoms with E-state index in [4.69, 9.17) is 4.74 Å². The lowest BCUT2D eigenvalue weighted by Crippen LogP contribution is -2.43. The first-order valence-electron chi connectivity index (χ1n) is 7.92. The summed E-state index contributed by atoms with van der Waals surface area (Å²) < 4.78 is 34.3. The molecule has 1 aliphatic heterocycles. The third-order valence-electron chi connectivity index (χ3n) is 4.00. The smallest absolute Gasteiger partial charge is 0.261 e. The molecule has 1 fully saturated rings. The summed E-state index contributed by atoms with van der Waals surface area (Å²) >= 11 is 3.34. The minimum absolute atomic E-state index is 0.210. The van der Waals surface area contributed by atoms with Gasteiger partial charge >= 0.3 is 0 Å². The Morgan fingerprint density at radius 1 is 1.16 bits per heavy atom. The number of piperazine rings is 1. The van der Waals surface area contributed by atoms with Gasteiger partial charge in [-0.15, -0.1) is 0 Å². The lowest BCUT2D eigenvalue weighted by molar-refractivity contribution is 0.412. The Kier molecular flexibility index (Phi) is 5.51. The van der Waals surface area contributed by atoms with Gasteiger partial charge in [0.25, 0.3) is 10.0 Å². The van der Waals surface area contributed by atoms with Crippen molar-refractivity contribution in [1.29, 1.82) is 0 Å². The standard InChI is InChI=1S/C17H20BrN3O3S/c1-24-17-6-5-15(12-16(17)21-9-7-19-8-10-21)25(22,23)20-14-4-2-3-13(18)11-14/h2-6,11-12,19-20H,7-10H2,1H3. The predicted octanol–water partition coefficient (Wildman–Crippen LogP) is 2.67. The van der Waals surface area contributed by atoms with E-state index in [0.29, 0.717) is 11.4 Å². The van der Waals surface area contributed by atoms with Gasteiger partial charge in [-0.3, -0.25) is 4.72 Å². The minimum Gasteiger partial charge on any atom is -0.495 e. The maximum Gasteiger partial charge on any atom is 0.261 e. The molecule has 25 heavy (non-hydrogen) atoms. The van der Waals surface area contributed by atoms with Crippen LogP contribution < -0.4 is 19.7 Å². The van der Waals surface area contributed by atoms with Gasteiger partial charge in [0.15, 0.2) is 0 Å². The molecule has 0 radical (unpaired) electrons. The van der Waals surface area contributed by atoms with Crippen molar-refractivity contribution in [3.8, 4) is 5.75 Å². The van der Waals surface area contributed by atoms with Gasteiger partial charge in [0, 0.05) is 36.3 Å². The van der Waals surface area contributed by atoms with Gasteiger partial charge in [-0.2, -0.15) is 0 Å². The number of nitrogens with one attached hydrogen (secondary N) is 2. The van der Waals surface area contributed by atoms with Crippen LogP contribution in [0.2, 0.25) is 0 Å². The summed E-state index contributed by atoms with van der Waals surface area (Å²) in [5, 5.41) is 3.29. The Morgan fingerprint density at radius 2 is 1.92 bits per heavy atom. The molecule has 6 nitrogen and oxygen atoms in total. The first-order valence-corrected chi connectivity index (χ1v) is 10.2. The highest BCUT2D eigenvalue weighted by atomic mass is 79.9. The van der Waals surface area contributed by atoms with Crippen LogP contribution in [-0.4, -0.2) is 41.7 Å². The van der Waals surface area contributed by atoms with Crippen molar-refractivity contribution in [2.75, 3.05) is 42.9 Å². The topological polar surface area (TPSA) is 70.7 Å². The SMILES string of the molecule is COc1ccc(S(=O)(=O)Nc2cccc(Br)c2)cc1N1CCNCC1. The number of sulfonamides is 1. The molecule has 0 atom stereocenters. The molecule has 0 unspecified atom stereocenters. The van der Waals surface area contributed by atoms with Crippen LogP contribution in [0.15, 0.2) is 51.8 Å². The zero-order chi connectivity index (χ0) is 17.9. The van der Waals surface area contributed by atoms with Crippen LogP contribution in [0.25, 0.3) is 0 Å². The van der Waals surface area contributed by atoms with E-state index in [1.807, 2.05) is 6.07 Å². The van der Waals surface area contributed by atoms with Gasteiger partial charge in [0.1, 0.15) is 5.75 Å². The second-order valence-corrected chi connectivity index (χ2v) is 8.28. The van der Waals surface area contributed by atoms with Crippen LogP contribution in [-0.2, 0) is 10.0 Å². The van der Waals surface area contributed by atoms with Crippen molar-refractivity contribution in [1.82, 2.24) is 5.32 Å². The zero-order valence-electron chi connectivity index (χ0n) is 13.8. The number of halogens is 1. The highest BCUT2D eigenvalue weighted by molar-refractivity contribution is 9.10. The lowest BCUT2D eigenvalue weighted by Gasteiger charge is -2.30. The van der Waals surface area contributed by atoms with E-state index in [1.54, 1.807) is 43.5 Å². The van der Waals surface area contributed by atoms with Gasteiger partial charge in [0.05, 0.1) is 17.7 Å². The Balaban J connectivity index is 1.93. The average molecular weight is 426 g/mol. The molecular formula is C17H20BrN3O3S. The number of hydrogen-bond acceptors (Lipinski definition) is 5. The fourth-order valence-electron chi connectivity index (χ4n) is 2.76. The molecule has 1 saturated heterocycles. The third-order valence-corrected chi connectivity index (χ3v) is 5.87. The maximum absolute atomic E-state index is 12.7. The predicted molar refractivity (Wildman–Crippen MR) is 103 cm³/mol. The van der Waals surface area contributed by atoms with E-state index in [2.05, 4.69) is 30.9 Å². The molecular weight excluding hydrogens is 406 g/mol. The molecule has 0 amide bonds. The molecule has 0 aliphatic carbocycles. The number of ether oxygens (including phenoxy) is 1. The third kappa shape index (κ3) is 4.26. The van der Waals surface area contributed by atoms with Crippen molar-refractivity contribution in [2.24, 2.45) is 0 Å². The van der Waals surface area contributed by atoms with E-state index in [1.165, 1.54) is 0 Å². The molecule has 0 spiro atoms. The Bertz CT molecular complexity index is 852. The molecule has 1 aliphatic rings. The van der Waals surface area contributed by atoms with Gasteiger partial charge < -0.3 is 15.0 Å². The second-order valence-electron chi connectivity index (χ2n) is 5.69. The van der Waals surface area contributed by atoms with Crippen molar-refractivity contribution >= 4 is 37.3 Å². The largest absolute Gasteiger partial charge is 0.495 e. The first kappa shape index (κ1) is 18.0. The van der Waals surface area contributed by atoms with Crippen LogP contribution in [0.4, 0.5) is 11.4 Å².